The van der Waals surface area contributed by atoms with Gasteiger partial charge in [0.2, 0.25) is 5.91 Å². The average molecular weight is 430 g/mol. The van der Waals surface area contributed by atoms with Gasteiger partial charge in [0.1, 0.15) is 23.2 Å². The Labute approximate surface area is 173 Å². The van der Waals surface area contributed by atoms with E-state index in [2.05, 4.69) is 5.32 Å². The van der Waals surface area contributed by atoms with E-state index in [0.717, 1.165) is 6.07 Å². The highest BCUT2D eigenvalue weighted by molar-refractivity contribution is 6.30. The molecule has 0 aromatic heterocycles. The topological polar surface area (TPSA) is 111 Å². The maximum atomic E-state index is 13.4. The molecule has 1 aromatic rings. The third-order valence-electron chi connectivity index (χ3n) is 4.16. The number of piperidine rings is 1. The van der Waals surface area contributed by atoms with Crippen molar-refractivity contribution in [1.82, 2.24) is 10.2 Å². The molecule has 1 aromatic carbocycles. The van der Waals surface area contributed by atoms with E-state index < -0.39 is 41.4 Å². The highest BCUT2D eigenvalue weighted by atomic mass is 35.5. The zero-order valence-corrected chi connectivity index (χ0v) is 17.3. The van der Waals surface area contributed by atoms with Crippen LogP contribution in [0.1, 0.15) is 33.6 Å². The Morgan fingerprint density at radius 3 is 2.59 bits per heavy atom. The van der Waals surface area contributed by atoms with Crippen molar-refractivity contribution in [1.29, 1.82) is 0 Å². The quantitative estimate of drug-likeness (QED) is 0.745. The largest absolute Gasteiger partial charge is 0.484 e. The van der Waals surface area contributed by atoms with Gasteiger partial charge in [-0.3, -0.25) is 14.5 Å². The molecule has 0 spiro atoms. The molecular weight excluding hydrogens is 405 g/mol. The molecule has 1 fully saturated rings. The number of hydrogen-bond donors (Lipinski definition) is 2. The van der Waals surface area contributed by atoms with E-state index in [1.165, 1.54) is 17.0 Å². The molecule has 2 rings (SSSR count). The Kier molecular flexibility index (Phi) is 7.29. The molecule has 1 heterocycles. The smallest absolute Gasteiger partial charge is 0.411 e. The highest BCUT2D eigenvalue weighted by Crippen LogP contribution is 2.22. The Bertz CT molecular complexity index is 784. The van der Waals surface area contributed by atoms with Gasteiger partial charge >= 0.3 is 6.09 Å². The lowest BCUT2D eigenvalue weighted by Crippen LogP contribution is -2.58. The Morgan fingerprint density at radius 1 is 1.31 bits per heavy atom. The van der Waals surface area contributed by atoms with Crippen molar-refractivity contribution in [2.75, 3.05) is 13.2 Å². The maximum absolute atomic E-state index is 13.4. The maximum Gasteiger partial charge on any atom is 0.411 e. The first kappa shape index (κ1) is 22.7. The van der Waals surface area contributed by atoms with Gasteiger partial charge in [-0.2, -0.15) is 0 Å². The van der Waals surface area contributed by atoms with Crippen molar-refractivity contribution in [3.63, 3.8) is 0 Å². The third kappa shape index (κ3) is 6.77. The molecule has 0 bridgehead atoms. The zero-order chi connectivity index (χ0) is 21.8. The molecule has 1 aliphatic heterocycles. The minimum Gasteiger partial charge on any atom is -0.484 e. The number of carbonyl (C=O) groups is 3. The lowest BCUT2D eigenvalue weighted by atomic mass is 9.98. The molecule has 3 N–H and O–H groups in total. The van der Waals surface area contributed by atoms with Gasteiger partial charge in [-0.1, -0.05) is 11.6 Å². The second-order valence-electron chi connectivity index (χ2n) is 7.76. The number of nitrogens with two attached hydrogens (primary N) is 1. The summed E-state index contributed by atoms with van der Waals surface area (Å²) >= 11 is 5.60. The van der Waals surface area contributed by atoms with Gasteiger partial charge in [-0.25, -0.2) is 9.18 Å². The van der Waals surface area contributed by atoms with Gasteiger partial charge in [-0.15, -0.1) is 0 Å². The van der Waals surface area contributed by atoms with E-state index in [4.69, 9.17) is 26.8 Å². The summed E-state index contributed by atoms with van der Waals surface area (Å²) in [6.45, 7) is 4.87. The molecule has 3 amide bonds. The van der Waals surface area contributed by atoms with Gasteiger partial charge in [0.25, 0.3) is 5.91 Å². The van der Waals surface area contributed by atoms with Gasteiger partial charge < -0.3 is 20.5 Å². The second-order valence-corrected chi connectivity index (χ2v) is 8.16. The molecule has 0 radical (unpaired) electrons. The van der Waals surface area contributed by atoms with E-state index in [0.29, 0.717) is 12.8 Å². The van der Waals surface area contributed by atoms with Crippen LogP contribution in [0.4, 0.5) is 9.18 Å². The highest BCUT2D eigenvalue weighted by Gasteiger charge is 2.37. The summed E-state index contributed by atoms with van der Waals surface area (Å²) in [6, 6.07) is 2.65. The van der Waals surface area contributed by atoms with E-state index >= 15 is 0 Å². The predicted octanol–water partition coefficient (Wildman–Crippen LogP) is 2.23. The number of primary amides is 1. The fraction of sp³-hybridized carbons (Fsp3) is 0.526. The van der Waals surface area contributed by atoms with Crippen LogP contribution < -0.4 is 15.8 Å². The average Bonchev–Trinajstić information content (AvgIpc) is 2.61. The Balaban J connectivity index is 1.94. The third-order valence-corrected chi connectivity index (χ3v) is 4.47. The molecule has 0 saturated carbocycles. The number of rotatable bonds is 5. The summed E-state index contributed by atoms with van der Waals surface area (Å²) in [5.41, 5.74) is 4.67. The summed E-state index contributed by atoms with van der Waals surface area (Å²) in [4.78, 5) is 37.6. The van der Waals surface area contributed by atoms with E-state index in [1.807, 2.05) is 0 Å². The molecule has 8 nitrogen and oxygen atoms in total. The van der Waals surface area contributed by atoms with Crippen LogP contribution in [0.15, 0.2) is 18.2 Å². The second kappa shape index (κ2) is 9.30. The zero-order valence-electron chi connectivity index (χ0n) is 16.5. The standard InChI is InChI=1S/C19H25ClFN3O5/c1-19(2,3)29-18(27)24-9-11(4-7-15(24)17(22)26)23-16(25)10-28-12-5-6-13(20)14(21)8-12/h5-6,8,11,15H,4,7,9-10H2,1-3H3,(H2,22,26)(H,23,25)/t11-,15+/m0/s1. The number of nitrogens with zero attached hydrogens (tertiary/aromatic N) is 1. The van der Waals surface area contributed by atoms with E-state index in [-0.39, 0.29) is 23.9 Å². The van der Waals surface area contributed by atoms with Crippen LogP contribution in [0.3, 0.4) is 0 Å². The van der Waals surface area contributed by atoms with Gasteiger partial charge in [0.15, 0.2) is 6.61 Å². The van der Waals surface area contributed by atoms with Crippen LogP contribution in [0, 0.1) is 5.82 Å². The molecule has 160 valence electrons. The van der Waals surface area contributed by atoms with Crippen molar-refractivity contribution >= 4 is 29.5 Å². The fourth-order valence-corrected chi connectivity index (χ4v) is 3.01. The molecule has 10 heteroatoms. The van der Waals surface area contributed by atoms with Crippen LogP contribution >= 0.6 is 11.6 Å². The lowest BCUT2D eigenvalue weighted by Gasteiger charge is -2.38. The fourth-order valence-electron chi connectivity index (χ4n) is 2.89. The number of halogens is 2. The summed E-state index contributed by atoms with van der Waals surface area (Å²) in [5.74, 6) is -1.57. The van der Waals surface area contributed by atoms with Crippen molar-refractivity contribution < 1.29 is 28.2 Å². The van der Waals surface area contributed by atoms with Crippen LogP contribution in [0.2, 0.25) is 5.02 Å². The number of amides is 3. The number of hydrogen-bond acceptors (Lipinski definition) is 5. The SMILES string of the molecule is CC(C)(C)OC(=O)N1C[C@@H](NC(=O)COc2ccc(Cl)c(F)c2)CC[C@@H]1C(N)=O. The molecule has 0 unspecified atom stereocenters. The van der Waals surface area contributed by atoms with Gasteiger partial charge in [0, 0.05) is 18.7 Å². The normalized spacial score (nSPS) is 19.4. The number of nitrogens with one attached hydrogen (secondary N) is 1. The first-order valence-corrected chi connectivity index (χ1v) is 9.50. The summed E-state index contributed by atoms with van der Waals surface area (Å²) in [5, 5.41) is 2.69. The first-order valence-electron chi connectivity index (χ1n) is 9.12. The van der Waals surface area contributed by atoms with Crippen molar-refractivity contribution in [3.8, 4) is 5.75 Å². The van der Waals surface area contributed by atoms with Gasteiger partial charge in [0.05, 0.1) is 5.02 Å². The van der Waals surface area contributed by atoms with E-state index in [9.17, 15) is 18.8 Å². The van der Waals surface area contributed by atoms with Crippen molar-refractivity contribution in [2.45, 2.75) is 51.3 Å². The minimum absolute atomic E-state index is 0.0461. The minimum atomic E-state index is -0.800. The predicted molar refractivity (Wildman–Crippen MR) is 104 cm³/mol. The number of likely N-dealkylation sites (tertiary alicyclic amines) is 1. The first-order chi connectivity index (χ1) is 13.5. The molecule has 29 heavy (non-hydrogen) atoms. The number of ether oxygens (including phenoxy) is 2. The monoisotopic (exact) mass is 429 g/mol. The Morgan fingerprint density at radius 2 is 2.00 bits per heavy atom. The Hall–Kier alpha value is -2.55. The van der Waals surface area contributed by atoms with Crippen LogP contribution in [-0.4, -0.2) is 53.6 Å². The van der Waals surface area contributed by atoms with Crippen LogP contribution in [0.5, 0.6) is 5.75 Å². The lowest BCUT2D eigenvalue weighted by molar-refractivity contribution is -0.126. The number of benzene rings is 1. The van der Waals surface area contributed by atoms with E-state index in [1.54, 1.807) is 20.8 Å². The van der Waals surface area contributed by atoms with Crippen LogP contribution in [-0.2, 0) is 14.3 Å². The molecule has 1 saturated heterocycles. The van der Waals surface area contributed by atoms with Crippen molar-refractivity contribution in [2.24, 2.45) is 5.73 Å². The summed E-state index contributed by atoms with van der Waals surface area (Å²) in [7, 11) is 0. The summed E-state index contributed by atoms with van der Waals surface area (Å²) in [6.07, 6.45) is 0.0740. The summed E-state index contributed by atoms with van der Waals surface area (Å²) < 4.78 is 24.0. The molecule has 1 aliphatic rings. The van der Waals surface area contributed by atoms with Crippen LogP contribution in [0.25, 0.3) is 0 Å². The van der Waals surface area contributed by atoms with Crippen molar-refractivity contribution in [3.05, 3.63) is 29.0 Å². The molecular formula is C19H25ClFN3O5. The van der Waals surface area contributed by atoms with Gasteiger partial charge in [-0.05, 0) is 45.7 Å². The molecule has 2 atom stereocenters. The number of carbonyl (C=O) groups excluding carboxylic acids is 3. The molecule has 0 aliphatic carbocycles.